The standard InChI is InChI=1S/C19H20ClNO3/c1-3-12-24-17-7-5-4-6-14(17)8-11-19(22)21-16-13-15(20)9-10-18(16)23-2/h4-11,13H,3,12H2,1-2H3,(H,21,22). The van der Waals surface area contributed by atoms with Crippen LogP contribution < -0.4 is 14.8 Å². The van der Waals surface area contributed by atoms with Crippen molar-refractivity contribution in [1.82, 2.24) is 0 Å². The predicted molar refractivity (Wildman–Crippen MR) is 97.9 cm³/mol. The van der Waals surface area contributed by atoms with Gasteiger partial charge in [-0.15, -0.1) is 0 Å². The molecule has 2 aromatic carbocycles. The molecule has 2 rings (SSSR count). The fraction of sp³-hybridized carbons (Fsp3) is 0.211. The second-order valence-electron chi connectivity index (χ2n) is 5.05. The van der Waals surface area contributed by atoms with Crippen molar-refractivity contribution in [2.75, 3.05) is 19.0 Å². The van der Waals surface area contributed by atoms with Crippen LogP contribution in [0.2, 0.25) is 5.02 Å². The zero-order valence-corrected chi connectivity index (χ0v) is 14.5. The number of hydrogen-bond donors (Lipinski definition) is 1. The summed E-state index contributed by atoms with van der Waals surface area (Å²) in [5.41, 5.74) is 1.37. The van der Waals surface area contributed by atoms with Gasteiger partial charge in [-0.3, -0.25) is 4.79 Å². The SMILES string of the molecule is CCCOc1ccccc1C=CC(=O)Nc1cc(Cl)ccc1OC. The average Bonchev–Trinajstić information content (AvgIpc) is 2.59. The molecule has 0 atom stereocenters. The summed E-state index contributed by atoms with van der Waals surface area (Å²) in [6.45, 7) is 2.68. The van der Waals surface area contributed by atoms with Crippen LogP contribution in [-0.4, -0.2) is 19.6 Å². The average molecular weight is 346 g/mol. The van der Waals surface area contributed by atoms with Crippen LogP contribution >= 0.6 is 11.6 Å². The molecule has 0 bridgehead atoms. The van der Waals surface area contributed by atoms with Gasteiger partial charge in [-0.1, -0.05) is 36.7 Å². The van der Waals surface area contributed by atoms with E-state index in [4.69, 9.17) is 21.1 Å². The molecule has 0 unspecified atom stereocenters. The smallest absolute Gasteiger partial charge is 0.248 e. The Hall–Kier alpha value is -2.46. The van der Waals surface area contributed by atoms with Gasteiger partial charge in [0.1, 0.15) is 11.5 Å². The molecule has 0 aliphatic heterocycles. The molecular weight excluding hydrogens is 326 g/mol. The number of carbonyl (C=O) groups excluding carboxylic acids is 1. The van der Waals surface area contributed by atoms with Crippen molar-refractivity contribution in [1.29, 1.82) is 0 Å². The quantitative estimate of drug-likeness (QED) is 0.734. The van der Waals surface area contributed by atoms with Gasteiger partial charge >= 0.3 is 0 Å². The zero-order chi connectivity index (χ0) is 17.4. The van der Waals surface area contributed by atoms with E-state index in [1.165, 1.54) is 13.2 Å². The summed E-state index contributed by atoms with van der Waals surface area (Å²) in [6.07, 6.45) is 4.10. The Kier molecular flexibility index (Phi) is 6.70. The highest BCUT2D eigenvalue weighted by Crippen LogP contribution is 2.27. The first-order chi connectivity index (χ1) is 11.6. The van der Waals surface area contributed by atoms with Crippen molar-refractivity contribution in [2.24, 2.45) is 0 Å². The predicted octanol–water partition coefficient (Wildman–Crippen LogP) is 4.79. The Morgan fingerprint density at radius 2 is 2.00 bits per heavy atom. The van der Waals surface area contributed by atoms with E-state index in [-0.39, 0.29) is 5.91 Å². The van der Waals surface area contributed by atoms with Crippen molar-refractivity contribution in [3.63, 3.8) is 0 Å². The van der Waals surface area contributed by atoms with Crippen LogP contribution in [0.5, 0.6) is 11.5 Å². The number of ether oxygens (including phenoxy) is 2. The van der Waals surface area contributed by atoms with Crippen molar-refractivity contribution < 1.29 is 14.3 Å². The Labute approximate surface area is 147 Å². The molecule has 1 N–H and O–H groups in total. The maximum atomic E-state index is 12.2. The van der Waals surface area contributed by atoms with Gasteiger partial charge in [-0.25, -0.2) is 0 Å². The van der Waals surface area contributed by atoms with E-state index in [1.807, 2.05) is 31.2 Å². The first-order valence-electron chi connectivity index (χ1n) is 7.68. The largest absolute Gasteiger partial charge is 0.495 e. The van der Waals surface area contributed by atoms with E-state index in [2.05, 4.69) is 5.32 Å². The minimum absolute atomic E-state index is 0.277. The van der Waals surface area contributed by atoms with E-state index >= 15 is 0 Å². The van der Waals surface area contributed by atoms with Crippen molar-refractivity contribution >= 4 is 29.3 Å². The van der Waals surface area contributed by atoms with Gasteiger partial charge in [0, 0.05) is 16.7 Å². The topological polar surface area (TPSA) is 47.6 Å². The first-order valence-corrected chi connectivity index (χ1v) is 8.06. The van der Waals surface area contributed by atoms with Crippen LogP contribution in [0, 0.1) is 0 Å². The number of anilines is 1. The molecule has 24 heavy (non-hydrogen) atoms. The van der Waals surface area contributed by atoms with Gasteiger partial charge in [0.25, 0.3) is 0 Å². The summed E-state index contributed by atoms with van der Waals surface area (Å²) in [6, 6.07) is 12.6. The second-order valence-corrected chi connectivity index (χ2v) is 5.49. The number of carbonyl (C=O) groups is 1. The first kappa shape index (κ1) is 17.9. The highest BCUT2D eigenvalue weighted by atomic mass is 35.5. The van der Waals surface area contributed by atoms with Gasteiger partial charge < -0.3 is 14.8 Å². The van der Waals surface area contributed by atoms with E-state index in [0.29, 0.717) is 23.1 Å². The number of nitrogens with one attached hydrogen (secondary N) is 1. The van der Waals surface area contributed by atoms with Gasteiger partial charge in [0.2, 0.25) is 5.91 Å². The number of amides is 1. The van der Waals surface area contributed by atoms with Crippen LogP contribution in [0.3, 0.4) is 0 Å². The molecule has 0 aliphatic rings. The monoisotopic (exact) mass is 345 g/mol. The van der Waals surface area contributed by atoms with Crippen LogP contribution in [0.15, 0.2) is 48.5 Å². The molecule has 0 aliphatic carbocycles. The van der Waals surface area contributed by atoms with E-state index in [1.54, 1.807) is 24.3 Å². The second kappa shape index (κ2) is 8.99. The number of rotatable bonds is 7. The maximum absolute atomic E-state index is 12.2. The molecule has 0 aromatic heterocycles. The van der Waals surface area contributed by atoms with Crippen molar-refractivity contribution in [2.45, 2.75) is 13.3 Å². The van der Waals surface area contributed by atoms with Gasteiger partial charge in [-0.05, 0) is 36.8 Å². The van der Waals surface area contributed by atoms with Gasteiger partial charge in [-0.2, -0.15) is 0 Å². The molecular formula is C19H20ClNO3. The van der Waals surface area contributed by atoms with Gasteiger partial charge in [0.15, 0.2) is 0 Å². The van der Waals surface area contributed by atoms with Crippen LogP contribution in [0.25, 0.3) is 6.08 Å². The fourth-order valence-corrected chi connectivity index (χ4v) is 2.25. The Morgan fingerprint density at radius 3 is 2.75 bits per heavy atom. The zero-order valence-electron chi connectivity index (χ0n) is 13.7. The lowest BCUT2D eigenvalue weighted by Gasteiger charge is -2.09. The number of halogens is 1. The van der Waals surface area contributed by atoms with Crippen LogP contribution in [0.4, 0.5) is 5.69 Å². The summed E-state index contributed by atoms with van der Waals surface area (Å²) in [7, 11) is 1.54. The number of benzene rings is 2. The van der Waals surface area contributed by atoms with Crippen molar-refractivity contribution in [3.8, 4) is 11.5 Å². The molecule has 2 aromatic rings. The molecule has 0 fully saturated rings. The maximum Gasteiger partial charge on any atom is 0.248 e. The lowest BCUT2D eigenvalue weighted by atomic mass is 10.2. The molecule has 126 valence electrons. The third-order valence-corrected chi connectivity index (χ3v) is 3.45. The molecule has 0 saturated heterocycles. The van der Waals surface area contributed by atoms with E-state index in [9.17, 15) is 4.79 Å². The molecule has 4 nitrogen and oxygen atoms in total. The lowest BCUT2D eigenvalue weighted by Crippen LogP contribution is -2.09. The number of methoxy groups -OCH3 is 1. The molecule has 0 heterocycles. The highest BCUT2D eigenvalue weighted by molar-refractivity contribution is 6.31. The summed E-state index contributed by atoms with van der Waals surface area (Å²) in [4.78, 5) is 12.2. The Bertz CT molecular complexity index is 728. The Balaban J connectivity index is 2.10. The number of hydrogen-bond acceptors (Lipinski definition) is 3. The van der Waals surface area contributed by atoms with Gasteiger partial charge in [0.05, 0.1) is 19.4 Å². The highest BCUT2D eigenvalue weighted by Gasteiger charge is 2.07. The minimum atomic E-state index is -0.277. The normalized spacial score (nSPS) is 10.6. The van der Waals surface area contributed by atoms with Crippen LogP contribution in [0.1, 0.15) is 18.9 Å². The summed E-state index contributed by atoms with van der Waals surface area (Å²) < 4.78 is 10.9. The fourth-order valence-electron chi connectivity index (χ4n) is 2.08. The Morgan fingerprint density at radius 1 is 1.21 bits per heavy atom. The minimum Gasteiger partial charge on any atom is -0.495 e. The van der Waals surface area contributed by atoms with Crippen LogP contribution in [-0.2, 0) is 4.79 Å². The van der Waals surface area contributed by atoms with E-state index in [0.717, 1.165) is 17.7 Å². The summed E-state index contributed by atoms with van der Waals surface area (Å²) in [5.74, 6) is 1.03. The van der Waals surface area contributed by atoms with Crippen molar-refractivity contribution in [3.05, 3.63) is 59.1 Å². The summed E-state index contributed by atoms with van der Waals surface area (Å²) >= 11 is 5.96. The lowest BCUT2D eigenvalue weighted by molar-refractivity contribution is -0.111. The third kappa shape index (κ3) is 5.03. The number of para-hydroxylation sites is 1. The van der Waals surface area contributed by atoms with E-state index < -0.39 is 0 Å². The molecule has 0 saturated carbocycles. The third-order valence-electron chi connectivity index (χ3n) is 3.21. The molecule has 0 radical (unpaired) electrons. The summed E-state index contributed by atoms with van der Waals surface area (Å²) in [5, 5.41) is 3.28. The molecule has 5 heteroatoms. The molecule has 0 spiro atoms. The molecule has 1 amide bonds.